The van der Waals surface area contributed by atoms with Crippen LogP contribution in [0.15, 0.2) is 36.7 Å². The summed E-state index contributed by atoms with van der Waals surface area (Å²) in [5.74, 6) is -0.195. The standard InChI is InChI=1S/C16H17ClN6O/c1-2-11-9-14(15-21-20-10-23(15)22-11)18-7-8-19-16(24)12-5-3-4-6-13(12)17/h3-6,9-10,18H,2,7-8H2,1H3,(H,19,24). The SMILES string of the molecule is CCc1cc(NCCNC(=O)c2ccccc2Cl)c2nncn2n1. The van der Waals surface area contributed by atoms with Gasteiger partial charge in [0.25, 0.3) is 5.91 Å². The van der Waals surface area contributed by atoms with Gasteiger partial charge >= 0.3 is 0 Å². The predicted molar refractivity (Wildman–Crippen MR) is 92.4 cm³/mol. The largest absolute Gasteiger partial charge is 0.380 e. The molecule has 3 aromatic rings. The third kappa shape index (κ3) is 3.46. The Hall–Kier alpha value is -2.67. The van der Waals surface area contributed by atoms with Gasteiger partial charge in [0.05, 0.1) is 22.0 Å². The maximum atomic E-state index is 12.1. The molecule has 3 rings (SSSR count). The molecule has 24 heavy (non-hydrogen) atoms. The molecule has 0 aliphatic heterocycles. The number of aromatic nitrogens is 4. The number of nitrogens with one attached hydrogen (secondary N) is 2. The number of aryl methyl sites for hydroxylation is 1. The van der Waals surface area contributed by atoms with Crippen molar-refractivity contribution >= 4 is 28.8 Å². The predicted octanol–water partition coefficient (Wildman–Crippen LogP) is 2.18. The molecule has 1 amide bonds. The van der Waals surface area contributed by atoms with Crippen LogP contribution in [-0.4, -0.2) is 38.8 Å². The lowest BCUT2D eigenvalue weighted by molar-refractivity contribution is 0.0955. The van der Waals surface area contributed by atoms with Crippen LogP contribution < -0.4 is 10.6 Å². The first-order valence-corrected chi connectivity index (χ1v) is 8.03. The van der Waals surface area contributed by atoms with Crippen LogP contribution in [0.4, 0.5) is 5.69 Å². The van der Waals surface area contributed by atoms with E-state index in [4.69, 9.17) is 11.6 Å². The van der Waals surface area contributed by atoms with Gasteiger partial charge in [0, 0.05) is 13.1 Å². The second-order valence-electron chi connectivity index (χ2n) is 5.16. The number of nitrogens with zero attached hydrogens (tertiary/aromatic N) is 4. The molecule has 0 saturated carbocycles. The Kier molecular flexibility index (Phi) is 4.90. The third-order valence-electron chi connectivity index (χ3n) is 3.53. The molecule has 0 unspecified atom stereocenters. The number of amides is 1. The molecule has 0 aliphatic carbocycles. The van der Waals surface area contributed by atoms with Crippen molar-refractivity contribution in [2.45, 2.75) is 13.3 Å². The summed E-state index contributed by atoms with van der Waals surface area (Å²) in [6.45, 7) is 3.03. The van der Waals surface area contributed by atoms with Gasteiger partial charge in [-0.3, -0.25) is 4.79 Å². The number of hydrogen-bond acceptors (Lipinski definition) is 5. The van der Waals surface area contributed by atoms with E-state index in [9.17, 15) is 4.79 Å². The molecular formula is C16H17ClN6O. The third-order valence-corrected chi connectivity index (χ3v) is 3.85. The lowest BCUT2D eigenvalue weighted by Crippen LogP contribution is -2.29. The van der Waals surface area contributed by atoms with Gasteiger partial charge in [-0.1, -0.05) is 30.7 Å². The average molecular weight is 345 g/mol. The van der Waals surface area contributed by atoms with Crippen LogP contribution in [0.2, 0.25) is 5.02 Å². The van der Waals surface area contributed by atoms with Gasteiger partial charge in [0.15, 0.2) is 0 Å². The molecular weight excluding hydrogens is 328 g/mol. The quantitative estimate of drug-likeness (QED) is 0.669. The highest BCUT2D eigenvalue weighted by molar-refractivity contribution is 6.33. The number of rotatable bonds is 6. The van der Waals surface area contributed by atoms with E-state index >= 15 is 0 Å². The smallest absolute Gasteiger partial charge is 0.252 e. The lowest BCUT2D eigenvalue weighted by Gasteiger charge is -2.10. The summed E-state index contributed by atoms with van der Waals surface area (Å²) in [6, 6.07) is 8.91. The summed E-state index contributed by atoms with van der Waals surface area (Å²) in [5, 5.41) is 18.8. The Morgan fingerprint density at radius 3 is 2.92 bits per heavy atom. The molecule has 0 spiro atoms. The fourth-order valence-corrected chi connectivity index (χ4v) is 2.52. The molecule has 2 N–H and O–H groups in total. The summed E-state index contributed by atoms with van der Waals surface area (Å²) < 4.78 is 1.64. The van der Waals surface area contributed by atoms with Gasteiger partial charge in [0.1, 0.15) is 6.33 Å². The van der Waals surface area contributed by atoms with E-state index < -0.39 is 0 Å². The van der Waals surface area contributed by atoms with Crippen LogP contribution in [0.3, 0.4) is 0 Å². The zero-order valence-electron chi connectivity index (χ0n) is 13.2. The van der Waals surface area contributed by atoms with E-state index in [1.165, 1.54) is 0 Å². The summed E-state index contributed by atoms with van der Waals surface area (Å²) in [4.78, 5) is 12.1. The molecule has 0 fully saturated rings. The second-order valence-corrected chi connectivity index (χ2v) is 5.57. The minimum atomic E-state index is -0.195. The van der Waals surface area contributed by atoms with Crippen molar-refractivity contribution in [2.75, 3.05) is 18.4 Å². The van der Waals surface area contributed by atoms with Crippen molar-refractivity contribution in [1.29, 1.82) is 0 Å². The van der Waals surface area contributed by atoms with Crippen LogP contribution in [0.5, 0.6) is 0 Å². The maximum Gasteiger partial charge on any atom is 0.252 e. The number of anilines is 1. The topological polar surface area (TPSA) is 84.2 Å². The van der Waals surface area contributed by atoms with Gasteiger partial charge in [-0.05, 0) is 24.6 Å². The van der Waals surface area contributed by atoms with Gasteiger partial charge in [0.2, 0.25) is 5.65 Å². The molecule has 124 valence electrons. The number of carbonyl (C=O) groups is 1. The molecule has 8 heteroatoms. The van der Waals surface area contributed by atoms with E-state index in [-0.39, 0.29) is 5.91 Å². The van der Waals surface area contributed by atoms with Gasteiger partial charge in [-0.2, -0.15) is 9.61 Å². The molecule has 0 radical (unpaired) electrons. The van der Waals surface area contributed by atoms with E-state index in [0.29, 0.717) is 29.3 Å². The molecule has 0 atom stereocenters. The van der Waals surface area contributed by atoms with Crippen LogP contribution in [-0.2, 0) is 6.42 Å². The molecule has 0 saturated heterocycles. The van der Waals surface area contributed by atoms with Gasteiger partial charge in [-0.25, -0.2) is 0 Å². The van der Waals surface area contributed by atoms with E-state index in [0.717, 1.165) is 17.8 Å². The lowest BCUT2D eigenvalue weighted by atomic mass is 10.2. The minimum Gasteiger partial charge on any atom is -0.380 e. The Morgan fingerprint density at radius 1 is 1.29 bits per heavy atom. The first kappa shape index (κ1) is 16.2. The minimum absolute atomic E-state index is 0.195. The molecule has 2 aromatic heterocycles. The van der Waals surface area contributed by atoms with Crippen LogP contribution in [0.1, 0.15) is 23.0 Å². The number of benzene rings is 1. The number of halogens is 1. The molecule has 2 heterocycles. The van der Waals surface area contributed by atoms with Crippen molar-refractivity contribution in [2.24, 2.45) is 0 Å². The zero-order valence-corrected chi connectivity index (χ0v) is 13.9. The average Bonchev–Trinajstić information content (AvgIpc) is 3.07. The highest BCUT2D eigenvalue weighted by atomic mass is 35.5. The van der Waals surface area contributed by atoms with Crippen molar-refractivity contribution in [3.05, 3.63) is 52.9 Å². The highest BCUT2D eigenvalue weighted by Gasteiger charge is 2.09. The van der Waals surface area contributed by atoms with E-state index in [1.54, 1.807) is 35.1 Å². The van der Waals surface area contributed by atoms with Crippen molar-refractivity contribution in [1.82, 2.24) is 25.1 Å². The van der Waals surface area contributed by atoms with Crippen molar-refractivity contribution < 1.29 is 4.79 Å². The van der Waals surface area contributed by atoms with E-state index in [2.05, 4.69) is 25.9 Å². The van der Waals surface area contributed by atoms with Crippen molar-refractivity contribution in [3.8, 4) is 0 Å². The molecule has 0 aliphatic rings. The molecule has 0 bridgehead atoms. The number of fused-ring (bicyclic) bond motifs is 1. The summed E-state index contributed by atoms with van der Waals surface area (Å²) >= 11 is 6.01. The maximum absolute atomic E-state index is 12.1. The van der Waals surface area contributed by atoms with Gasteiger partial charge in [-0.15, -0.1) is 10.2 Å². The van der Waals surface area contributed by atoms with Crippen LogP contribution >= 0.6 is 11.6 Å². The summed E-state index contributed by atoms with van der Waals surface area (Å²) in [6.07, 6.45) is 2.38. The van der Waals surface area contributed by atoms with Gasteiger partial charge < -0.3 is 10.6 Å². The zero-order chi connectivity index (χ0) is 16.9. The summed E-state index contributed by atoms with van der Waals surface area (Å²) in [5.41, 5.74) is 2.90. The number of hydrogen-bond donors (Lipinski definition) is 2. The Morgan fingerprint density at radius 2 is 2.12 bits per heavy atom. The Bertz CT molecular complexity index is 863. The Balaban J connectivity index is 1.60. The first-order valence-electron chi connectivity index (χ1n) is 7.65. The monoisotopic (exact) mass is 344 g/mol. The highest BCUT2D eigenvalue weighted by Crippen LogP contribution is 2.15. The second kappa shape index (κ2) is 7.27. The fraction of sp³-hybridized carbons (Fsp3) is 0.250. The summed E-state index contributed by atoms with van der Waals surface area (Å²) in [7, 11) is 0. The fourth-order valence-electron chi connectivity index (χ4n) is 2.30. The molecule has 1 aromatic carbocycles. The normalized spacial score (nSPS) is 10.8. The van der Waals surface area contributed by atoms with Crippen LogP contribution in [0, 0.1) is 0 Å². The van der Waals surface area contributed by atoms with E-state index in [1.807, 2.05) is 13.0 Å². The first-order chi connectivity index (χ1) is 11.7. The van der Waals surface area contributed by atoms with Crippen LogP contribution in [0.25, 0.3) is 5.65 Å². The Labute approximate surface area is 144 Å². The number of carbonyl (C=O) groups excluding carboxylic acids is 1. The van der Waals surface area contributed by atoms with Crippen molar-refractivity contribution in [3.63, 3.8) is 0 Å². The molecule has 7 nitrogen and oxygen atoms in total.